The fraction of sp³-hybridized carbons (Fsp3) is 0.571. The van der Waals surface area contributed by atoms with Crippen molar-refractivity contribution in [3.05, 3.63) is 33.3 Å². The summed E-state index contributed by atoms with van der Waals surface area (Å²) in [6.07, 6.45) is 0. The summed E-state index contributed by atoms with van der Waals surface area (Å²) in [6.45, 7) is 10.1. The summed E-state index contributed by atoms with van der Waals surface area (Å²) in [5.41, 5.74) is 1.96. The monoisotopic (exact) mass is 315 g/mol. The zero-order valence-corrected chi connectivity index (χ0v) is 13.1. The molecule has 0 amide bonds. The molecule has 2 rings (SSSR count). The van der Waals surface area contributed by atoms with E-state index in [-0.39, 0.29) is 0 Å². The van der Waals surface area contributed by atoms with Crippen molar-refractivity contribution >= 4 is 27.5 Å². The zero-order chi connectivity index (χ0) is 12.8. The second-order valence-electron chi connectivity index (χ2n) is 5.99. The van der Waals surface area contributed by atoms with Crippen molar-refractivity contribution in [3.8, 4) is 0 Å². The second-order valence-corrected chi connectivity index (χ2v) is 7.28. The maximum atomic E-state index is 6.01. The maximum absolute atomic E-state index is 6.01. The summed E-state index contributed by atoms with van der Waals surface area (Å²) in [5.74, 6) is 0. The molecule has 1 saturated carbocycles. The highest BCUT2D eigenvalue weighted by Gasteiger charge is 2.64. The molecule has 0 radical (unpaired) electrons. The Bertz CT molecular complexity index is 426. The van der Waals surface area contributed by atoms with Gasteiger partial charge in [0.25, 0.3) is 0 Å². The van der Waals surface area contributed by atoms with E-state index in [0.717, 1.165) is 16.0 Å². The molecule has 0 unspecified atom stereocenters. The normalized spacial score (nSPS) is 21.5. The first kappa shape index (κ1) is 13.4. The molecule has 1 aliphatic carbocycles. The van der Waals surface area contributed by atoms with Crippen LogP contribution in [0.4, 0.5) is 0 Å². The lowest BCUT2D eigenvalue weighted by Crippen LogP contribution is -2.21. The molecule has 17 heavy (non-hydrogen) atoms. The summed E-state index contributed by atoms with van der Waals surface area (Å²) in [6, 6.07) is 6.49. The van der Waals surface area contributed by atoms with E-state index in [2.05, 4.69) is 48.9 Å². The van der Waals surface area contributed by atoms with Gasteiger partial charge in [0.05, 0.1) is 0 Å². The van der Waals surface area contributed by atoms with Gasteiger partial charge < -0.3 is 5.32 Å². The Morgan fingerprint density at radius 2 is 1.82 bits per heavy atom. The van der Waals surface area contributed by atoms with Gasteiger partial charge in [0, 0.05) is 22.1 Å². The van der Waals surface area contributed by atoms with E-state index in [4.69, 9.17) is 11.6 Å². The van der Waals surface area contributed by atoms with E-state index >= 15 is 0 Å². The van der Waals surface area contributed by atoms with Gasteiger partial charge in [-0.1, -0.05) is 55.2 Å². The molecule has 3 heteroatoms. The SMILES string of the molecule is CC1(C)C(NCc2cc(Cl)ccc2Br)C1(C)C. The second kappa shape index (κ2) is 4.25. The molecule has 1 aromatic rings. The third-order valence-corrected chi connectivity index (χ3v) is 5.53. The highest BCUT2D eigenvalue weighted by molar-refractivity contribution is 9.10. The molecular weight excluding hydrogens is 298 g/mol. The Hall–Kier alpha value is -0.0500. The van der Waals surface area contributed by atoms with Crippen LogP contribution in [-0.4, -0.2) is 6.04 Å². The number of hydrogen-bond acceptors (Lipinski definition) is 1. The minimum absolute atomic E-state index is 0.373. The van der Waals surface area contributed by atoms with E-state index in [1.165, 1.54) is 5.56 Å². The number of nitrogens with one attached hydrogen (secondary N) is 1. The Labute approximate surface area is 117 Å². The van der Waals surface area contributed by atoms with Crippen LogP contribution in [0.15, 0.2) is 22.7 Å². The van der Waals surface area contributed by atoms with Gasteiger partial charge in [-0.25, -0.2) is 0 Å². The van der Waals surface area contributed by atoms with Crippen molar-refractivity contribution in [2.75, 3.05) is 0 Å². The first-order valence-electron chi connectivity index (χ1n) is 5.94. The fourth-order valence-corrected chi connectivity index (χ4v) is 3.18. The Balaban J connectivity index is 2.03. The molecule has 1 aliphatic rings. The lowest BCUT2D eigenvalue weighted by atomic mass is 10.0. The van der Waals surface area contributed by atoms with Crippen molar-refractivity contribution in [2.24, 2.45) is 10.8 Å². The standard InChI is InChI=1S/C14H19BrClN/c1-13(2)12(14(13,3)4)17-8-9-7-10(16)5-6-11(9)15/h5-7,12,17H,8H2,1-4H3. The van der Waals surface area contributed by atoms with Crippen molar-refractivity contribution in [2.45, 2.75) is 40.3 Å². The Morgan fingerprint density at radius 1 is 1.24 bits per heavy atom. The average molecular weight is 317 g/mol. The predicted molar refractivity (Wildman–Crippen MR) is 77.3 cm³/mol. The average Bonchev–Trinajstić information content (AvgIpc) is 2.60. The van der Waals surface area contributed by atoms with Crippen LogP contribution >= 0.6 is 27.5 Å². The van der Waals surface area contributed by atoms with Gasteiger partial charge in [-0.05, 0) is 34.6 Å². The molecule has 94 valence electrons. The molecule has 0 heterocycles. The summed E-state index contributed by atoms with van der Waals surface area (Å²) in [4.78, 5) is 0. The van der Waals surface area contributed by atoms with Gasteiger partial charge >= 0.3 is 0 Å². The highest BCUT2D eigenvalue weighted by Crippen LogP contribution is 2.62. The first-order chi connectivity index (χ1) is 7.76. The summed E-state index contributed by atoms with van der Waals surface area (Å²) < 4.78 is 1.12. The fourth-order valence-electron chi connectivity index (χ4n) is 2.60. The van der Waals surface area contributed by atoms with E-state index in [1.54, 1.807) is 0 Å². The molecule has 0 bridgehead atoms. The highest BCUT2D eigenvalue weighted by atomic mass is 79.9. The van der Waals surface area contributed by atoms with Gasteiger partial charge in [0.1, 0.15) is 0 Å². The van der Waals surface area contributed by atoms with Gasteiger partial charge in [-0.2, -0.15) is 0 Å². The van der Waals surface area contributed by atoms with Crippen LogP contribution in [0, 0.1) is 10.8 Å². The first-order valence-corrected chi connectivity index (χ1v) is 7.11. The zero-order valence-electron chi connectivity index (χ0n) is 10.8. The molecule has 0 spiro atoms. The number of halogens is 2. The van der Waals surface area contributed by atoms with Crippen LogP contribution in [0.25, 0.3) is 0 Å². The molecule has 1 aromatic carbocycles. The largest absolute Gasteiger partial charge is 0.309 e. The predicted octanol–water partition coefficient (Wildman–Crippen LogP) is 4.63. The quantitative estimate of drug-likeness (QED) is 0.857. The molecule has 0 aliphatic heterocycles. The lowest BCUT2D eigenvalue weighted by molar-refractivity contribution is 0.457. The van der Waals surface area contributed by atoms with Gasteiger partial charge in [-0.15, -0.1) is 0 Å². The lowest BCUT2D eigenvalue weighted by Gasteiger charge is -2.09. The summed E-state index contributed by atoms with van der Waals surface area (Å²) in [5, 5.41) is 4.42. The van der Waals surface area contributed by atoms with Crippen LogP contribution in [0.5, 0.6) is 0 Å². The Morgan fingerprint density at radius 3 is 2.35 bits per heavy atom. The molecule has 1 fully saturated rings. The minimum atomic E-state index is 0.373. The van der Waals surface area contributed by atoms with Crippen LogP contribution < -0.4 is 5.32 Å². The maximum Gasteiger partial charge on any atom is 0.0410 e. The molecule has 1 nitrogen and oxygen atoms in total. The molecule has 0 aromatic heterocycles. The van der Waals surface area contributed by atoms with Crippen LogP contribution in [-0.2, 0) is 6.54 Å². The van der Waals surface area contributed by atoms with E-state index in [0.29, 0.717) is 16.9 Å². The molecular formula is C14H19BrClN. The third kappa shape index (κ3) is 2.27. The summed E-state index contributed by atoms with van der Waals surface area (Å²) in [7, 11) is 0. The van der Waals surface area contributed by atoms with E-state index in [1.807, 2.05) is 18.2 Å². The molecule has 0 saturated heterocycles. The minimum Gasteiger partial charge on any atom is -0.309 e. The van der Waals surface area contributed by atoms with Crippen molar-refractivity contribution in [1.29, 1.82) is 0 Å². The number of hydrogen-bond donors (Lipinski definition) is 1. The van der Waals surface area contributed by atoms with Gasteiger partial charge in [0.15, 0.2) is 0 Å². The van der Waals surface area contributed by atoms with E-state index in [9.17, 15) is 0 Å². The van der Waals surface area contributed by atoms with Gasteiger partial charge in [0.2, 0.25) is 0 Å². The summed E-state index contributed by atoms with van der Waals surface area (Å²) >= 11 is 9.57. The third-order valence-electron chi connectivity index (χ3n) is 4.53. The molecule has 0 atom stereocenters. The smallest absolute Gasteiger partial charge is 0.0410 e. The topological polar surface area (TPSA) is 12.0 Å². The number of rotatable bonds is 3. The van der Waals surface area contributed by atoms with Crippen LogP contribution in [0.1, 0.15) is 33.3 Å². The van der Waals surface area contributed by atoms with Crippen LogP contribution in [0.3, 0.4) is 0 Å². The van der Waals surface area contributed by atoms with Crippen LogP contribution in [0.2, 0.25) is 5.02 Å². The van der Waals surface area contributed by atoms with Crippen molar-refractivity contribution in [1.82, 2.24) is 5.32 Å². The number of benzene rings is 1. The Kier molecular flexibility index (Phi) is 3.35. The van der Waals surface area contributed by atoms with Crippen molar-refractivity contribution in [3.63, 3.8) is 0 Å². The van der Waals surface area contributed by atoms with Gasteiger partial charge in [-0.3, -0.25) is 0 Å². The molecule has 1 N–H and O–H groups in total. The van der Waals surface area contributed by atoms with Crippen molar-refractivity contribution < 1.29 is 0 Å². The van der Waals surface area contributed by atoms with E-state index < -0.39 is 0 Å².